The van der Waals surface area contributed by atoms with E-state index in [0.29, 0.717) is 27.9 Å². The number of benzene rings is 2. The van der Waals surface area contributed by atoms with Crippen LogP contribution in [0.2, 0.25) is 0 Å². The van der Waals surface area contributed by atoms with Crippen LogP contribution in [0, 0.1) is 24.1 Å². The maximum atomic E-state index is 14.8. The Hall–Kier alpha value is -3.18. The lowest BCUT2D eigenvalue weighted by Gasteiger charge is -2.31. The number of halogens is 4. The highest BCUT2D eigenvalue weighted by atomic mass is 19.3. The average molecular weight is 455 g/mol. The van der Waals surface area contributed by atoms with Crippen molar-refractivity contribution in [1.29, 1.82) is 5.26 Å². The molecule has 2 aromatic carbocycles. The Morgan fingerprint density at radius 1 is 1.18 bits per heavy atom. The quantitative estimate of drug-likeness (QED) is 0.514. The van der Waals surface area contributed by atoms with E-state index in [1.165, 1.54) is 0 Å². The second-order valence-electron chi connectivity index (χ2n) is 8.90. The van der Waals surface area contributed by atoms with Gasteiger partial charge in [-0.15, -0.1) is 0 Å². The molecule has 3 aromatic rings. The average Bonchev–Trinajstić information content (AvgIpc) is 3.23. The molecule has 3 atom stereocenters. The number of aliphatic hydroxyl groups excluding tert-OH is 1. The van der Waals surface area contributed by atoms with Crippen molar-refractivity contribution in [2.45, 2.75) is 50.3 Å². The first-order valence-electron chi connectivity index (χ1n) is 10.7. The fourth-order valence-electron chi connectivity index (χ4n) is 5.51. The maximum Gasteiger partial charge on any atom is 0.281 e. The van der Waals surface area contributed by atoms with Crippen LogP contribution < -0.4 is 0 Å². The van der Waals surface area contributed by atoms with Gasteiger partial charge in [-0.1, -0.05) is 12.1 Å². The van der Waals surface area contributed by atoms with Gasteiger partial charge in [0, 0.05) is 24.9 Å². The third-order valence-corrected chi connectivity index (χ3v) is 6.92. The Morgan fingerprint density at radius 2 is 1.94 bits per heavy atom. The minimum atomic E-state index is -3.37. The molecule has 2 aliphatic carbocycles. The van der Waals surface area contributed by atoms with Gasteiger partial charge in [-0.3, -0.25) is 4.68 Å². The van der Waals surface area contributed by atoms with Crippen molar-refractivity contribution < 1.29 is 22.7 Å². The summed E-state index contributed by atoms with van der Waals surface area (Å²) in [6.45, 7) is 1.81. The molecule has 0 aliphatic heterocycles. The van der Waals surface area contributed by atoms with E-state index in [1.54, 1.807) is 30.1 Å². The van der Waals surface area contributed by atoms with Crippen LogP contribution in [0.3, 0.4) is 0 Å². The standard InChI is InChI=1S/C25H21F4N3O/c1-12-11-31-32(2)23(12)17-4-3-15(19-9-25(28,29)24(33)22(17)19)16-5-6-20(27)18-8-14(26)7-13(10-30)21(16)18/h3-4,7-8,11,16,20,24,33H,5-6,9H2,1-2H3/t16-,20+,24+/m1/s1. The van der Waals surface area contributed by atoms with Crippen molar-refractivity contribution in [3.8, 4) is 17.3 Å². The molecule has 4 nitrogen and oxygen atoms in total. The lowest BCUT2D eigenvalue weighted by atomic mass is 9.74. The number of hydrogen-bond acceptors (Lipinski definition) is 3. The molecule has 170 valence electrons. The number of aliphatic hydroxyl groups is 1. The molecular weight excluding hydrogens is 434 g/mol. The summed E-state index contributed by atoms with van der Waals surface area (Å²) < 4.78 is 60.0. The van der Waals surface area contributed by atoms with Crippen LogP contribution in [0.1, 0.15) is 70.0 Å². The first-order valence-corrected chi connectivity index (χ1v) is 10.7. The van der Waals surface area contributed by atoms with E-state index >= 15 is 0 Å². The topological polar surface area (TPSA) is 61.8 Å². The highest BCUT2D eigenvalue weighted by molar-refractivity contribution is 5.72. The third kappa shape index (κ3) is 3.17. The van der Waals surface area contributed by atoms with Crippen molar-refractivity contribution in [1.82, 2.24) is 9.78 Å². The Labute approximate surface area is 188 Å². The van der Waals surface area contributed by atoms with Crippen LogP contribution in [0.4, 0.5) is 17.6 Å². The molecule has 33 heavy (non-hydrogen) atoms. The zero-order chi connectivity index (χ0) is 23.7. The monoisotopic (exact) mass is 455 g/mol. The van der Waals surface area contributed by atoms with Crippen LogP contribution in [0.15, 0.2) is 30.5 Å². The van der Waals surface area contributed by atoms with Crippen LogP contribution in [0.5, 0.6) is 0 Å². The number of fused-ring (bicyclic) bond motifs is 2. The fraction of sp³-hybridized carbons (Fsp3) is 0.360. The SMILES string of the molecule is Cc1cnn(C)c1-c1ccc([C@H]2CC[C@H](F)c3cc(F)cc(C#N)c32)c2c1[C@H](O)C(F)(F)C2. The number of aromatic nitrogens is 2. The molecule has 0 amide bonds. The Kier molecular flexibility index (Phi) is 4.87. The van der Waals surface area contributed by atoms with Gasteiger partial charge in [-0.05, 0) is 65.3 Å². The molecule has 1 aromatic heterocycles. The van der Waals surface area contributed by atoms with E-state index in [9.17, 15) is 27.9 Å². The van der Waals surface area contributed by atoms with Gasteiger partial charge in [0.1, 0.15) is 18.1 Å². The number of hydrogen-bond donors (Lipinski definition) is 1. The Morgan fingerprint density at radius 3 is 2.61 bits per heavy atom. The molecule has 0 bridgehead atoms. The lowest BCUT2D eigenvalue weighted by molar-refractivity contribution is -0.0966. The second kappa shape index (κ2) is 7.42. The summed E-state index contributed by atoms with van der Waals surface area (Å²) in [5.74, 6) is -4.64. The van der Waals surface area contributed by atoms with Gasteiger partial charge < -0.3 is 5.11 Å². The third-order valence-electron chi connectivity index (χ3n) is 6.92. The van der Waals surface area contributed by atoms with Gasteiger partial charge in [0.2, 0.25) is 0 Å². The summed E-state index contributed by atoms with van der Waals surface area (Å²) in [5.41, 5.74) is 3.25. The highest BCUT2D eigenvalue weighted by Gasteiger charge is 2.50. The molecule has 1 N–H and O–H groups in total. The van der Waals surface area contributed by atoms with Gasteiger partial charge in [-0.25, -0.2) is 17.6 Å². The van der Waals surface area contributed by atoms with Crippen LogP contribution in [0.25, 0.3) is 11.3 Å². The highest BCUT2D eigenvalue weighted by Crippen LogP contribution is 2.53. The van der Waals surface area contributed by atoms with E-state index < -0.39 is 36.4 Å². The van der Waals surface area contributed by atoms with E-state index in [2.05, 4.69) is 5.10 Å². The predicted octanol–water partition coefficient (Wildman–Crippen LogP) is 5.57. The van der Waals surface area contributed by atoms with Crippen molar-refractivity contribution in [3.63, 3.8) is 0 Å². The van der Waals surface area contributed by atoms with E-state index in [4.69, 9.17) is 0 Å². The first-order chi connectivity index (χ1) is 15.6. The molecule has 0 radical (unpaired) electrons. The molecule has 0 saturated heterocycles. The molecule has 5 rings (SSSR count). The summed E-state index contributed by atoms with van der Waals surface area (Å²) in [6.07, 6.45) is -2.11. The van der Waals surface area contributed by atoms with Gasteiger partial charge in [0.15, 0.2) is 0 Å². The van der Waals surface area contributed by atoms with E-state index in [1.807, 2.05) is 13.0 Å². The zero-order valence-corrected chi connectivity index (χ0v) is 18.0. The summed E-state index contributed by atoms with van der Waals surface area (Å²) in [7, 11) is 1.70. The Bertz CT molecular complexity index is 1300. The summed E-state index contributed by atoms with van der Waals surface area (Å²) in [6, 6.07) is 7.48. The summed E-state index contributed by atoms with van der Waals surface area (Å²) in [5, 5.41) is 24.4. The Balaban J connectivity index is 1.77. The number of aryl methyl sites for hydroxylation is 2. The predicted molar refractivity (Wildman–Crippen MR) is 113 cm³/mol. The summed E-state index contributed by atoms with van der Waals surface area (Å²) in [4.78, 5) is 0. The van der Waals surface area contributed by atoms with E-state index in [-0.39, 0.29) is 29.5 Å². The van der Waals surface area contributed by atoms with Gasteiger partial charge in [0.25, 0.3) is 5.92 Å². The van der Waals surface area contributed by atoms with Crippen LogP contribution >= 0.6 is 0 Å². The van der Waals surface area contributed by atoms with Crippen molar-refractivity contribution in [2.75, 3.05) is 0 Å². The molecule has 1 heterocycles. The second-order valence-corrected chi connectivity index (χ2v) is 8.90. The normalized spacial score (nSPS) is 23.2. The van der Waals surface area contributed by atoms with Crippen molar-refractivity contribution >= 4 is 0 Å². The maximum absolute atomic E-state index is 14.8. The molecule has 0 fully saturated rings. The van der Waals surface area contributed by atoms with Gasteiger partial charge in [-0.2, -0.15) is 10.4 Å². The number of alkyl halides is 3. The molecule has 0 unspecified atom stereocenters. The smallest absolute Gasteiger partial charge is 0.281 e. The molecule has 0 saturated carbocycles. The minimum absolute atomic E-state index is 0.00274. The van der Waals surface area contributed by atoms with Gasteiger partial charge >= 0.3 is 0 Å². The molecular formula is C25H21F4N3O. The van der Waals surface area contributed by atoms with E-state index in [0.717, 1.165) is 17.7 Å². The molecule has 8 heteroatoms. The van der Waals surface area contributed by atoms with Crippen LogP contribution in [-0.2, 0) is 13.5 Å². The van der Waals surface area contributed by atoms with Gasteiger partial charge in [0.05, 0.1) is 23.5 Å². The lowest BCUT2D eigenvalue weighted by Crippen LogP contribution is -2.22. The summed E-state index contributed by atoms with van der Waals surface area (Å²) >= 11 is 0. The fourth-order valence-corrected chi connectivity index (χ4v) is 5.51. The molecule has 0 spiro atoms. The zero-order valence-electron chi connectivity index (χ0n) is 18.0. The minimum Gasteiger partial charge on any atom is -0.382 e. The number of rotatable bonds is 2. The first kappa shape index (κ1) is 21.7. The van der Waals surface area contributed by atoms with Crippen LogP contribution in [-0.4, -0.2) is 20.8 Å². The number of nitriles is 1. The largest absolute Gasteiger partial charge is 0.382 e. The molecule has 2 aliphatic rings. The van der Waals surface area contributed by atoms with Crippen molar-refractivity contribution in [3.05, 3.63) is 75.2 Å². The number of nitrogens with zero attached hydrogens (tertiary/aromatic N) is 3. The van der Waals surface area contributed by atoms with Crippen molar-refractivity contribution in [2.24, 2.45) is 7.05 Å².